The van der Waals surface area contributed by atoms with Gasteiger partial charge in [0.15, 0.2) is 0 Å². The van der Waals surface area contributed by atoms with E-state index in [0.29, 0.717) is 37.3 Å². The first-order chi connectivity index (χ1) is 13.0. The van der Waals surface area contributed by atoms with Crippen LogP contribution in [0.4, 0.5) is 0 Å². The van der Waals surface area contributed by atoms with Crippen molar-refractivity contribution in [1.29, 1.82) is 0 Å². The number of fused-ring (bicyclic) bond motifs is 1. The van der Waals surface area contributed by atoms with E-state index in [0.717, 1.165) is 10.3 Å². The molecule has 0 radical (unpaired) electrons. The SMILES string of the molecule is CSc1ccc2c(c1)cc(C1(O)CCOCC1)n2S(=O)(=O)c1ccccc1. The largest absolute Gasteiger partial charge is 0.383 e. The molecule has 0 saturated carbocycles. The molecular formula is C20H21NO4S2. The monoisotopic (exact) mass is 403 g/mol. The Bertz CT molecular complexity index is 1070. The number of rotatable bonds is 4. The summed E-state index contributed by atoms with van der Waals surface area (Å²) in [7, 11) is -3.85. The molecule has 0 spiro atoms. The zero-order chi connectivity index (χ0) is 19.1. The summed E-state index contributed by atoms with van der Waals surface area (Å²) in [5, 5.41) is 12.1. The number of nitrogens with zero attached hydrogens (tertiary/aromatic N) is 1. The predicted octanol–water partition coefficient (Wildman–Crippen LogP) is 3.60. The standard InChI is InChI=1S/C20H21NO4S2/c1-26-16-7-8-18-15(13-16)14-19(20(22)9-11-25-12-10-20)21(18)27(23,24)17-5-3-2-4-6-17/h2-8,13-14,22H,9-12H2,1H3. The molecule has 3 aromatic rings. The zero-order valence-corrected chi connectivity index (χ0v) is 16.6. The number of hydrogen-bond donors (Lipinski definition) is 1. The fraction of sp³-hybridized carbons (Fsp3) is 0.300. The van der Waals surface area contributed by atoms with Gasteiger partial charge in [-0.3, -0.25) is 0 Å². The number of hydrogen-bond acceptors (Lipinski definition) is 5. The van der Waals surface area contributed by atoms with E-state index < -0.39 is 15.6 Å². The first-order valence-electron chi connectivity index (χ1n) is 8.76. The topological polar surface area (TPSA) is 68.5 Å². The van der Waals surface area contributed by atoms with Crippen LogP contribution < -0.4 is 0 Å². The van der Waals surface area contributed by atoms with Gasteiger partial charge in [-0.2, -0.15) is 0 Å². The van der Waals surface area contributed by atoms with Crippen molar-refractivity contribution in [2.45, 2.75) is 28.2 Å². The number of thioether (sulfide) groups is 1. The van der Waals surface area contributed by atoms with Crippen molar-refractivity contribution < 1.29 is 18.3 Å². The molecule has 1 N–H and O–H groups in total. The predicted molar refractivity (Wildman–Crippen MR) is 107 cm³/mol. The minimum absolute atomic E-state index is 0.202. The Morgan fingerprint density at radius 1 is 1.07 bits per heavy atom. The summed E-state index contributed by atoms with van der Waals surface area (Å²) in [6, 6.07) is 15.8. The van der Waals surface area contributed by atoms with Gasteiger partial charge < -0.3 is 9.84 Å². The molecule has 1 saturated heterocycles. The van der Waals surface area contributed by atoms with Crippen LogP contribution in [0.1, 0.15) is 18.5 Å². The van der Waals surface area contributed by atoms with Gasteiger partial charge in [0.1, 0.15) is 5.60 Å². The van der Waals surface area contributed by atoms with E-state index >= 15 is 0 Å². The Morgan fingerprint density at radius 3 is 2.44 bits per heavy atom. The van der Waals surface area contributed by atoms with Crippen LogP contribution >= 0.6 is 11.8 Å². The summed E-state index contributed by atoms with van der Waals surface area (Å²) in [5.74, 6) is 0. The molecule has 0 aliphatic carbocycles. The Kier molecular flexibility index (Phi) is 4.80. The van der Waals surface area contributed by atoms with Crippen LogP contribution in [0.3, 0.4) is 0 Å². The van der Waals surface area contributed by atoms with Gasteiger partial charge in [-0.05, 0) is 42.7 Å². The van der Waals surface area contributed by atoms with Crippen molar-refractivity contribution in [3.63, 3.8) is 0 Å². The van der Waals surface area contributed by atoms with Crippen LogP contribution in [0, 0.1) is 0 Å². The quantitative estimate of drug-likeness (QED) is 0.674. The lowest BCUT2D eigenvalue weighted by molar-refractivity contribution is -0.0707. The summed E-state index contributed by atoms with van der Waals surface area (Å²) in [4.78, 5) is 1.25. The van der Waals surface area contributed by atoms with Crippen molar-refractivity contribution in [3.05, 3.63) is 60.3 Å². The van der Waals surface area contributed by atoms with E-state index in [1.54, 1.807) is 48.2 Å². The third-order valence-corrected chi connectivity index (χ3v) is 7.51. The van der Waals surface area contributed by atoms with Gasteiger partial charge in [0.2, 0.25) is 0 Å². The normalized spacial score (nSPS) is 17.3. The third-order valence-electron chi connectivity index (χ3n) is 5.04. The maximum absolute atomic E-state index is 13.5. The van der Waals surface area contributed by atoms with Crippen molar-refractivity contribution in [1.82, 2.24) is 3.97 Å². The molecule has 0 amide bonds. The first kappa shape index (κ1) is 18.6. The molecular weight excluding hydrogens is 382 g/mol. The van der Waals surface area contributed by atoms with Crippen molar-refractivity contribution in [3.8, 4) is 0 Å². The van der Waals surface area contributed by atoms with Crippen LogP contribution in [-0.2, 0) is 20.4 Å². The average Bonchev–Trinajstić information content (AvgIpc) is 3.09. The first-order valence-corrected chi connectivity index (χ1v) is 11.4. The van der Waals surface area contributed by atoms with Crippen LogP contribution in [0.15, 0.2) is 64.4 Å². The second-order valence-electron chi connectivity index (χ2n) is 6.68. The molecule has 27 heavy (non-hydrogen) atoms. The highest BCUT2D eigenvalue weighted by Crippen LogP contribution is 2.38. The van der Waals surface area contributed by atoms with Crippen LogP contribution in [0.5, 0.6) is 0 Å². The number of aromatic nitrogens is 1. The maximum Gasteiger partial charge on any atom is 0.268 e. The molecule has 0 bridgehead atoms. The molecule has 2 heterocycles. The molecule has 4 rings (SSSR count). The van der Waals surface area contributed by atoms with Crippen molar-refractivity contribution in [2.75, 3.05) is 19.5 Å². The second-order valence-corrected chi connectivity index (χ2v) is 9.35. The molecule has 142 valence electrons. The highest BCUT2D eigenvalue weighted by molar-refractivity contribution is 7.98. The van der Waals surface area contributed by atoms with Crippen molar-refractivity contribution >= 4 is 32.7 Å². The molecule has 1 aromatic heterocycles. The fourth-order valence-corrected chi connectivity index (χ4v) is 5.61. The van der Waals surface area contributed by atoms with E-state index in [1.165, 1.54) is 3.97 Å². The molecule has 7 heteroatoms. The smallest absolute Gasteiger partial charge is 0.268 e. The lowest BCUT2D eigenvalue weighted by Gasteiger charge is -2.33. The molecule has 5 nitrogen and oxygen atoms in total. The summed E-state index contributed by atoms with van der Waals surface area (Å²) < 4.78 is 33.7. The van der Waals surface area contributed by atoms with E-state index in [4.69, 9.17) is 4.74 Å². The average molecular weight is 404 g/mol. The van der Waals surface area contributed by atoms with Gasteiger partial charge in [-0.1, -0.05) is 18.2 Å². The van der Waals surface area contributed by atoms with E-state index in [-0.39, 0.29) is 4.90 Å². The highest BCUT2D eigenvalue weighted by atomic mass is 32.2. The van der Waals surface area contributed by atoms with Crippen LogP contribution in [0.2, 0.25) is 0 Å². The molecule has 2 aromatic carbocycles. The summed E-state index contributed by atoms with van der Waals surface area (Å²) in [6.45, 7) is 0.805. The summed E-state index contributed by atoms with van der Waals surface area (Å²) >= 11 is 1.60. The summed E-state index contributed by atoms with van der Waals surface area (Å²) in [6.07, 6.45) is 2.71. The number of benzene rings is 2. The van der Waals surface area contributed by atoms with Gasteiger partial charge in [0, 0.05) is 36.3 Å². The molecule has 1 fully saturated rings. The van der Waals surface area contributed by atoms with E-state index in [1.807, 2.05) is 24.5 Å². The zero-order valence-electron chi connectivity index (χ0n) is 15.0. The van der Waals surface area contributed by atoms with Gasteiger partial charge in [-0.15, -0.1) is 11.8 Å². The summed E-state index contributed by atoms with van der Waals surface area (Å²) in [5.41, 5.74) is -0.256. The molecule has 0 unspecified atom stereocenters. The fourth-order valence-electron chi connectivity index (χ4n) is 3.54. The number of ether oxygens (including phenoxy) is 1. The highest BCUT2D eigenvalue weighted by Gasteiger charge is 2.38. The Labute approximate surface area is 163 Å². The van der Waals surface area contributed by atoms with Gasteiger partial charge in [-0.25, -0.2) is 12.4 Å². The van der Waals surface area contributed by atoms with Gasteiger partial charge in [0.25, 0.3) is 10.0 Å². The Balaban J connectivity index is 2.01. The van der Waals surface area contributed by atoms with E-state index in [9.17, 15) is 13.5 Å². The third kappa shape index (κ3) is 3.18. The Morgan fingerprint density at radius 2 is 1.78 bits per heavy atom. The number of aliphatic hydroxyl groups is 1. The molecule has 1 aliphatic heterocycles. The Hall–Kier alpha value is -1.80. The second kappa shape index (κ2) is 6.98. The van der Waals surface area contributed by atoms with Gasteiger partial charge >= 0.3 is 0 Å². The minimum atomic E-state index is -3.85. The van der Waals surface area contributed by atoms with Crippen LogP contribution in [0.25, 0.3) is 10.9 Å². The lowest BCUT2D eigenvalue weighted by atomic mass is 9.91. The molecule has 0 atom stereocenters. The van der Waals surface area contributed by atoms with Crippen molar-refractivity contribution in [2.24, 2.45) is 0 Å². The van der Waals surface area contributed by atoms with Crippen LogP contribution in [-0.4, -0.2) is 37.0 Å². The molecule has 1 aliphatic rings. The minimum Gasteiger partial charge on any atom is -0.383 e. The van der Waals surface area contributed by atoms with E-state index in [2.05, 4.69) is 0 Å². The maximum atomic E-state index is 13.5. The lowest BCUT2D eigenvalue weighted by Crippen LogP contribution is -2.36. The van der Waals surface area contributed by atoms with Gasteiger partial charge in [0.05, 0.1) is 16.1 Å².